The standard InChI is InChI=1S/C20H18N6O5/c1-12(27)13-7-9-14(10-8-13)23-18-17(26(29)30)19(22-11-21-18)24-25-20(28)15-5-3-4-6-16(15)31-2/h3-11H,1-2H3,(H,25,28)(H2,21,22,23,24). The summed E-state index contributed by atoms with van der Waals surface area (Å²) in [6.45, 7) is 1.44. The van der Waals surface area contributed by atoms with Crippen molar-refractivity contribution in [2.24, 2.45) is 0 Å². The van der Waals surface area contributed by atoms with E-state index in [9.17, 15) is 19.7 Å². The zero-order valence-electron chi connectivity index (χ0n) is 16.6. The van der Waals surface area contributed by atoms with Crippen molar-refractivity contribution in [2.75, 3.05) is 17.9 Å². The summed E-state index contributed by atoms with van der Waals surface area (Å²) in [5.41, 5.74) is 5.58. The second-order valence-corrected chi connectivity index (χ2v) is 6.21. The van der Waals surface area contributed by atoms with Crippen molar-refractivity contribution in [1.29, 1.82) is 0 Å². The van der Waals surface area contributed by atoms with Crippen molar-refractivity contribution in [3.8, 4) is 5.75 Å². The molecule has 158 valence electrons. The number of ether oxygens (including phenoxy) is 1. The summed E-state index contributed by atoms with van der Waals surface area (Å²) >= 11 is 0. The second-order valence-electron chi connectivity index (χ2n) is 6.21. The maximum Gasteiger partial charge on any atom is 0.355 e. The van der Waals surface area contributed by atoms with Gasteiger partial charge in [0.25, 0.3) is 5.91 Å². The number of anilines is 3. The number of nitro groups is 1. The van der Waals surface area contributed by atoms with Crippen molar-refractivity contribution in [1.82, 2.24) is 15.4 Å². The number of nitrogens with zero attached hydrogens (tertiary/aromatic N) is 3. The highest BCUT2D eigenvalue weighted by atomic mass is 16.6. The highest BCUT2D eigenvalue weighted by molar-refractivity contribution is 5.97. The molecule has 0 radical (unpaired) electrons. The molecule has 2 aromatic carbocycles. The molecule has 3 aromatic rings. The number of para-hydroxylation sites is 1. The van der Waals surface area contributed by atoms with E-state index in [2.05, 4.69) is 26.1 Å². The molecule has 0 unspecified atom stereocenters. The van der Waals surface area contributed by atoms with Crippen LogP contribution in [0.1, 0.15) is 27.6 Å². The molecule has 1 aromatic heterocycles. The van der Waals surface area contributed by atoms with Crippen molar-refractivity contribution in [2.45, 2.75) is 6.92 Å². The molecule has 0 aliphatic heterocycles. The predicted molar refractivity (Wildman–Crippen MR) is 112 cm³/mol. The van der Waals surface area contributed by atoms with Gasteiger partial charge in [-0.3, -0.25) is 30.6 Å². The molecular weight excluding hydrogens is 404 g/mol. The van der Waals surface area contributed by atoms with Gasteiger partial charge in [0, 0.05) is 11.3 Å². The minimum Gasteiger partial charge on any atom is -0.496 e. The number of Topliss-reactive ketones (excluding diaryl/α,β-unsaturated/α-hetero) is 1. The molecule has 11 heteroatoms. The van der Waals surface area contributed by atoms with Gasteiger partial charge in [0.15, 0.2) is 5.78 Å². The minimum atomic E-state index is -0.677. The lowest BCUT2D eigenvalue weighted by molar-refractivity contribution is -0.383. The molecule has 3 N–H and O–H groups in total. The first-order valence-corrected chi connectivity index (χ1v) is 8.97. The number of carbonyl (C=O) groups is 2. The molecule has 0 spiro atoms. The Hall–Kier alpha value is -4.54. The fraction of sp³-hybridized carbons (Fsp3) is 0.100. The molecule has 0 bridgehead atoms. The number of nitrogens with one attached hydrogen (secondary N) is 3. The Bertz CT molecular complexity index is 1130. The maximum atomic E-state index is 12.4. The van der Waals surface area contributed by atoms with E-state index in [4.69, 9.17) is 4.74 Å². The van der Waals surface area contributed by atoms with Crippen molar-refractivity contribution in [3.05, 3.63) is 76.1 Å². The number of hydrogen-bond acceptors (Lipinski definition) is 9. The monoisotopic (exact) mass is 422 g/mol. The number of hydrogen-bond donors (Lipinski definition) is 3. The van der Waals surface area contributed by atoms with Crippen LogP contribution >= 0.6 is 0 Å². The summed E-state index contributed by atoms with van der Waals surface area (Å²) in [7, 11) is 1.43. The zero-order chi connectivity index (χ0) is 22.4. The molecule has 0 fully saturated rings. The van der Waals surface area contributed by atoms with Crippen molar-refractivity contribution < 1.29 is 19.2 Å². The zero-order valence-corrected chi connectivity index (χ0v) is 16.6. The van der Waals surface area contributed by atoms with Crippen LogP contribution in [0, 0.1) is 10.1 Å². The Balaban J connectivity index is 1.82. The lowest BCUT2D eigenvalue weighted by atomic mass is 10.1. The number of benzene rings is 2. The summed E-state index contributed by atoms with van der Waals surface area (Å²) in [5.74, 6) is -0.636. The minimum absolute atomic E-state index is 0.0929. The van der Waals surface area contributed by atoms with E-state index in [1.807, 2.05) is 0 Å². The third kappa shape index (κ3) is 4.90. The number of aromatic nitrogens is 2. The van der Waals surface area contributed by atoms with Crippen LogP contribution in [0.5, 0.6) is 5.75 Å². The Morgan fingerprint density at radius 2 is 1.71 bits per heavy atom. The van der Waals surface area contributed by atoms with E-state index >= 15 is 0 Å². The summed E-state index contributed by atoms with van der Waals surface area (Å²) in [4.78, 5) is 42.6. The fourth-order valence-corrected chi connectivity index (χ4v) is 2.68. The molecule has 0 saturated heterocycles. The molecular formula is C20H18N6O5. The van der Waals surface area contributed by atoms with Crippen molar-refractivity contribution >= 4 is 34.7 Å². The number of carbonyl (C=O) groups excluding carboxylic acids is 2. The van der Waals surface area contributed by atoms with Gasteiger partial charge >= 0.3 is 5.69 Å². The molecule has 31 heavy (non-hydrogen) atoms. The van der Waals surface area contributed by atoms with Crippen LogP contribution in [-0.2, 0) is 0 Å². The van der Waals surface area contributed by atoms with E-state index in [1.54, 1.807) is 48.5 Å². The second kappa shape index (κ2) is 9.31. The Kier molecular flexibility index (Phi) is 6.36. The Morgan fingerprint density at radius 3 is 2.35 bits per heavy atom. The van der Waals surface area contributed by atoms with Gasteiger partial charge in [-0.1, -0.05) is 12.1 Å². The summed E-state index contributed by atoms with van der Waals surface area (Å²) in [6, 6.07) is 12.9. The lowest BCUT2D eigenvalue weighted by Crippen LogP contribution is -2.30. The van der Waals surface area contributed by atoms with Gasteiger partial charge in [-0.05, 0) is 43.3 Å². The number of hydrazine groups is 1. The van der Waals surface area contributed by atoms with Gasteiger partial charge < -0.3 is 10.1 Å². The third-order valence-corrected chi connectivity index (χ3v) is 4.21. The fourth-order valence-electron chi connectivity index (χ4n) is 2.68. The molecule has 1 heterocycles. The molecule has 3 rings (SSSR count). The van der Waals surface area contributed by atoms with Crippen LogP contribution in [0.15, 0.2) is 54.9 Å². The van der Waals surface area contributed by atoms with E-state index in [1.165, 1.54) is 14.0 Å². The van der Waals surface area contributed by atoms with Crippen LogP contribution in [0.4, 0.5) is 23.0 Å². The predicted octanol–water partition coefficient (Wildman–Crippen LogP) is 3.10. The topological polar surface area (TPSA) is 148 Å². The average molecular weight is 422 g/mol. The number of rotatable bonds is 8. The Labute approximate surface area is 176 Å². The first-order valence-electron chi connectivity index (χ1n) is 8.97. The first kappa shape index (κ1) is 21.2. The third-order valence-electron chi connectivity index (χ3n) is 4.21. The summed E-state index contributed by atoms with van der Waals surface area (Å²) in [5, 5.41) is 14.5. The molecule has 0 saturated carbocycles. The van der Waals surface area contributed by atoms with Gasteiger partial charge in [-0.25, -0.2) is 9.97 Å². The average Bonchev–Trinajstić information content (AvgIpc) is 2.77. The number of methoxy groups -OCH3 is 1. The molecule has 0 aliphatic carbocycles. The number of ketones is 1. The van der Waals surface area contributed by atoms with Crippen LogP contribution < -0.4 is 20.9 Å². The van der Waals surface area contributed by atoms with Gasteiger partial charge in [0.2, 0.25) is 11.6 Å². The van der Waals surface area contributed by atoms with E-state index in [0.717, 1.165) is 6.33 Å². The lowest BCUT2D eigenvalue weighted by Gasteiger charge is -2.12. The van der Waals surface area contributed by atoms with Gasteiger partial charge in [-0.15, -0.1) is 0 Å². The van der Waals surface area contributed by atoms with E-state index in [0.29, 0.717) is 17.0 Å². The van der Waals surface area contributed by atoms with E-state index in [-0.39, 0.29) is 23.0 Å². The number of amides is 1. The van der Waals surface area contributed by atoms with E-state index < -0.39 is 16.5 Å². The van der Waals surface area contributed by atoms with Crippen LogP contribution in [-0.4, -0.2) is 33.7 Å². The van der Waals surface area contributed by atoms with Gasteiger partial charge in [0.05, 0.1) is 17.6 Å². The molecule has 11 nitrogen and oxygen atoms in total. The van der Waals surface area contributed by atoms with Crippen LogP contribution in [0.25, 0.3) is 0 Å². The largest absolute Gasteiger partial charge is 0.496 e. The molecule has 1 amide bonds. The maximum absolute atomic E-state index is 12.4. The smallest absolute Gasteiger partial charge is 0.355 e. The van der Waals surface area contributed by atoms with Gasteiger partial charge in [-0.2, -0.15) is 0 Å². The molecule has 0 aliphatic rings. The quantitative estimate of drug-likeness (QED) is 0.283. The van der Waals surface area contributed by atoms with Crippen LogP contribution in [0.2, 0.25) is 0 Å². The van der Waals surface area contributed by atoms with Crippen molar-refractivity contribution in [3.63, 3.8) is 0 Å². The molecule has 0 atom stereocenters. The normalized spacial score (nSPS) is 10.1. The SMILES string of the molecule is COc1ccccc1C(=O)NNc1ncnc(Nc2ccc(C(C)=O)cc2)c1[N+](=O)[O-]. The summed E-state index contributed by atoms with van der Waals surface area (Å²) < 4.78 is 5.14. The first-order chi connectivity index (χ1) is 14.9. The van der Waals surface area contributed by atoms with Gasteiger partial charge in [0.1, 0.15) is 12.1 Å². The Morgan fingerprint density at radius 1 is 1.03 bits per heavy atom. The summed E-state index contributed by atoms with van der Waals surface area (Å²) in [6.07, 6.45) is 1.11. The highest BCUT2D eigenvalue weighted by Crippen LogP contribution is 2.31. The highest BCUT2D eigenvalue weighted by Gasteiger charge is 2.24. The van der Waals surface area contributed by atoms with Crippen LogP contribution in [0.3, 0.4) is 0 Å².